The van der Waals surface area contributed by atoms with Crippen LogP contribution in [0.2, 0.25) is 0 Å². The van der Waals surface area contributed by atoms with Crippen LogP contribution in [0.15, 0.2) is 0 Å². The van der Waals surface area contributed by atoms with Gasteiger partial charge in [0.25, 0.3) is 0 Å². The molecule has 0 amide bonds. The second-order valence-electron chi connectivity index (χ2n) is 4.92. The average Bonchev–Trinajstić information content (AvgIpc) is 2.49. The highest BCUT2D eigenvalue weighted by molar-refractivity contribution is 5.69. The number of carbonyl (C=O) groups is 1. The SMILES string of the molecule is CC(C)(C)OC(=O)CC[C@H]1CCCN1. The van der Waals surface area contributed by atoms with Crippen molar-refractivity contribution in [1.29, 1.82) is 0 Å². The van der Waals surface area contributed by atoms with Crippen molar-refractivity contribution < 1.29 is 9.53 Å². The van der Waals surface area contributed by atoms with Crippen LogP contribution in [0.4, 0.5) is 0 Å². The zero-order valence-corrected chi connectivity index (χ0v) is 9.43. The van der Waals surface area contributed by atoms with E-state index in [1.54, 1.807) is 0 Å². The second-order valence-corrected chi connectivity index (χ2v) is 4.92. The maximum absolute atomic E-state index is 11.4. The fraction of sp³-hybridized carbons (Fsp3) is 0.909. The normalized spacial score (nSPS) is 22.4. The number of carbonyl (C=O) groups excluding carboxylic acids is 1. The highest BCUT2D eigenvalue weighted by Gasteiger charge is 2.19. The molecule has 1 saturated heterocycles. The largest absolute Gasteiger partial charge is 0.460 e. The minimum Gasteiger partial charge on any atom is -0.460 e. The van der Waals surface area contributed by atoms with Crippen LogP contribution in [0.3, 0.4) is 0 Å². The summed E-state index contributed by atoms with van der Waals surface area (Å²) in [6, 6.07) is 0.530. The second kappa shape index (κ2) is 4.78. The molecule has 1 aliphatic rings. The van der Waals surface area contributed by atoms with Gasteiger partial charge in [0.1, 0.15) is 5.60 Å². The molecule has 0 aromatic heterocycles. The first kappa shape index (κ1) is 11.5. The van der Waals surface area contributed by atoms with Gasteiger partial charge in [-0.25, -0.2) is 0 Å². The van der Waals surface area contributed by atoms with Gasteiger partial charge in [-0.1, -0.05) is 0 Å². The van der Waals surface area contributed by atoms with Crippen LogP contribution < -0.4 is 5.32 Å². The maximum Gasteiger partial charge on any atom is 0.306 e. The molecule has 82 valence electrons. The molecular formula is C11H21NO2. The Labute approximate surface area is 86.2 Å². The predicted octanol–water partition coefficient (Wildman–Crippen LogP) is 1.86. The number of esters is 1. The molecule has 0 aliphatic carbocycles. The zero-order valence-electron chi connectivity index (χ0n) is 9.43. The molecule has 3 nitrogen and oxygen atoms in total. The lowest BCUT2D eigenvalue weighted by atomic mass is 10.1. The lowest BCUT2D eigenvalue weighted by Crippen LogP contribution is -2.26. The van der Waals surface area contributed by atoms with E-state index in [0.29, 0.717) is 12.5 Å². The van der Waals surface area contributed by atoms with Gasteiger partial charge in [-0.2, -0.15) is 0 Å². The van der Waals surface area contributed by atoms with Gasteiger partial charge in [0.2, 0.25) is 0 Å². The number of rotatable bonds is 3. The van der Waals surface area contributed by atoms with Crippen LogP contribution in [0.25, 0.3) is 0 Å². The number of hydrogen-bond donors (Lipinski definition) is 1. The molecule has 0 saturated carbocycles. The molecule has 1 heterocycles. The number of nitrogens with one attached hydrogen (secondary N) is 1. The van der Waals surface area contributed by atoms with E-state index in [0.717, 1.165) is 13.0 Å². The summed E-state index contributed by atoms with van der Waals surface area (Å²) in [5, 5.41) is 3.37. The van der Waals surface area contributed by atoms with Crippen LogP contribution in [0, 0.1) is 0 Å². The van der Waals surface area contributed by atoms with Crippen molar-refractivity contribution in [2.75, 3.05) is 6.54 Å². The van der Waals surface area contributed by atoms with Crippen molar-refractivity contribution in [3.8, 4) is 0 Å². The van der Waals surface area contributed by atoms with E-state index in [9.17, 15) is 4.79 Å². The third kappa shape index (κ3) is 4.61. The first-order chi connectivity index (χ1) is 6.47. The Morgan fingerprint density at radius 1 is 1.50 bits per heavy atom. The van der Waals surface area contributed by atoms with Gasteiger partial charge >= 0.3 is 5.97 Å². The van der Waals surface area contributed by atoms with Crippen LogP contribution in [0.5, 0.6) is 0 Å². The van der Waals surface area contributed by atoms with Crippen molar-refractivity contribution in [3.63, 3.8) is 0 Å². The predicted molar refractivity (Wildman–Crippen MR) is 56.1 cm³/mol. The fourth-order valence-electron chi connectivity index (χ4n) is 1.69. The smallest absolute Gasteiger partial charge is 0.306 e. The summed E-state index contributed by atoms with van der Waals surface area (Å²) in [6.45, 7) is 6.80. The molecule has 1 N–H and O–H groups in total. The molecule has 0 bridgehead atoms. The molecule has 0 spiro atoms. The monoisotopic (exact) mass is 199 g/mol. The van der Waals surface area contributed by atoms with E-state index in [4.69, 9.17) is 4.74 Å². The quantitative estimate of drug-likeness (QED) is 0.705. The third-order valence-corrected chi connectivity index (χ3v) is 2.28. The first-order valence-corrected chi connectivity index (χ1v) is 5.42. The van der Waals surface area contributed by atoms with E-state index >= 15 is 0 Å². The number of ether oxygens (including phenoxy) is 1. The molecule has 1 fully saturated rings. The lowest BCUT2D eigenvalue weighted by molar-refractivity contribution is -0.155. The summed E-state index contributed by atoms with van der Waals surface area (Å²) in [6.07, 6.45) is 3.88. The van der Waals surface area contributed by atoms with E-state index in [1.165, 1.54) is 12.8 Å². The third-order valence-electron chi connectivity index (χ3n) is 2.28. The molecule has 14 heavy (non-hydrogen) atoms. The molecule has 1 aliphatic heterocycles. The Morgan fingerprint density at radius 3 is 2.71 bits per heavy atom. The standard InChI is InChI=1S/C11H21NO2/c1-11(2,3)14-10(13)7-6-9-5-4-8-12-9/h9,12H,4-8H2,1-3H3/t9-/m1/s1. The Balaban J connectivity index is 2.14. The van der Waals surface area contributed by atoms with Gasteiger partial charge in [-0.15, -0.1) is 0 Å². The van der Waals surface area contributed by atoms with Crippen LogP contribution in [-0.4, -0.2) is 24.2 Å². The lowest BCUT2D eigenvalue weighted by Gasteiger charge is -2.20. The van der Waals surface area contributed by atoms with Gasteiger partial charge in [0.05, 0.1) is 0 Å². The van der Waals surface area contributed by atoms with Gasteiger partial charge < -0.3 is 10.1 Å². The van der Waals surface area contributed by atoms with Crippen molar-refractivity contribution in [2.24, 2.45) is 0 Å². The summed E-state index contributed by atoms with van der Waals surface area (Å²) in [5.74, 6) is -0.0776. The molecule has 0 unspecified atom stereocenters. The van der Waals surface area contributed by atoms with Gasteiger partial charge in [-0.3, -0.25) is 4.79 Å². The molecule has 0 radical (unpaired) electrons. The zero-order chi connectivity index (χ0) is 10.6. The highest BCUT2D eigenvalue weighted by Crippen LogP contribution is 2.13. The summed E-state index contributed by atoms with van der Waals surface area (Å²) in [4.78, 5) is 11.4. The van der Waals surface area contributed by atoms with Gasteiger partial charge in [0.15, 0.2) is 0 Å². The maximum atomic E-state index is 11.4. The Kier molecular flexibility index (Phi) is 3.93. The highest BCUT2D eigenvalue weighted by atomic mass is 16.6. The molecule has 0 aromatic rings. The molecular weight excluding hydrogens is 178 g/mol. The minimum absolute atomic E-state index is 0.0776. The van der Waals surface area contributed by atoms with Gasteiger partial charge in [0, 0.05) is 12.5 Å². The Morgan fingerprint density at radius 2 is 2.21 bits per heavy atom. The fourth-order valence-corrected chi connectivity index (χ4v) is 1.69. The van der Waals surface area contributed by atoms with E-state index in [2.05, 4.69) is 5.32 Å². The number of hydrogen-bond acceptors (Lipinski definition) is 3. The Bertz CT molecular complexity index is 190. The average molecular weight is 199 g/mol. The van der Waals surface area contributed by atoms with E-state index in [-0.39, 0.29) is 11.6 Å². The first-order valence-electron chi connectivity index (χ1n) is 5.42. The van der Waals surface area contributed by atoms with Crippen LogP contribution >= 0.6 is 0 Å². The van der Waals surface area contributed by atoms with Crippen molar-refractivity contribution in [2.45, 2.75) is 58.1 Å². The Hall–Kier alpha value is -0.570. The minimum atomic E-state index is -0.347. The van der Waals surface area contributed by atoms with Crippen LogP contribution in [-0.2, 0) is 9.53 Å². The van der Waals surface area contributed by atoms with Gasteiger partial charge in [-0.05, 0) is 46.6 Å². The topological polar surface area (TPSA) is 38.3 Å². The summed E-state index contributed by atoms with van der Waals surface area (Å²) in [7, 11) is 0. The summed E-state index contributed by atoms with van der Waals surface area (Å²) in [5.41, 5.74) is -0.347. The van der Waals surface area contributed by atoms with Crippen molar-refractivity contribution in [1.82, 2.24) is 5.32 Å². The summed E-state index contributed by atoms with van der Waals surface area (Å²) < 4.78 is 5.23. The molecule has 0 aromatic carbocycles. The summed E-state index contributed by atoms with van der Waals surface area (Å²) >= 11 is 0. The molecule has 1 atom stereocenters. The van der Waals surface area contributed by atoms with E-state index in [1.807, 2.05) is 20.8 Å². The van der Waals surface area contributed by atoms with Crippen molar-refractivity contribution in [3.05, 3.63) is 0 Å². The van der Waals surface area contributed by atoms with Crippen molar-refractivity contribution >= 4 is 5.97 Å². The van der Waals surface area contributed by atoms with E-state index < -0.39 is 0 Å². The molecule has 3 heteroatoms. The molecule has 1 rings (SSSR count). The van der Waals surface area contributed by atoms with Crippen LogP contribution in [0.1, 0.15) is 46.5 Å².